The lowest BCUT2D eigenvalue weighted by Crippen LogP contribution is -2.26. The summed E-state index contributed by atoms with van der Waals surface area (Å²) < 4.78 is 0. The first-order valence-corrected chi connectivity index (χ1v) is 13.2. The van der Waals surface area contributed by atoms with Crippen LogP contribution >= 0.6 is 0 Å². The Morgan fingerprint density at radius 1 is 0.458 bits per heavy atom. The Kier molecular flexibility index (Phi) is 7.18. The smallest absolute Gasteiger partial charge is 0.182 e. The van der Waals surface area contributed by atoms with Crippen molar-refractivity contribution in [1.82, 2.24) is 15.0 Å². The molecule has 0 unspecified atom stereocenters. The third-order valence-electron chi connectivity index (χ3n) is 6.89. The SMILES string of the molecule is N#CC(C#N)=C1N=c2ccc(-c3nc(-c4cc(C#N)cc(C#N)c4)nc(-c4ccc5c(c4C#N)=NC(=C(C#N)C#N)N=5)n3)c(C#N)c2=N1. The first-order chi connectivity index (χ1) is 23.4. The number of fused-ring (bicyclic) bond motifs is 2. The zero-order valence-electron chi connectivity index (χ0n) is 23.7. The van der Waals surface area contributed by atoms with Gasteiger partial charge in [0.25, 0.3) is 0 Å². The molecule has 0 radical (unpaired) electrons. The Bertz CT molecular complexity index is 2650. The van der Waals surface area contributed by atoms with Gasteiger partial charge in [-0.05, 0) is 42.5 Å². The molecule has 0 saturated carbocycles. The van der Waals surface area contributed by atoms with E-state index in [0.717, 1.165) is 0 Å². The van der Waals surface area contributed by atoms with Gasteiger partial charge in [0.15, 0.2) is 40.3 Å². The second kappa shape index (κ2) is 11.7. The van der Waals surface area contributed by atoms with Gasteiger partial charge in [0, 0.05) is 16.7 Å². The van der Waals surface area contributed by atoms with Gasteiger partial charge in [-0.2, -0.15) is 42.1 Å². The van der Waals surface area contributed by atoms with Crippen LogP contribution in [-0.4, -0.2) is 15.0 Å². The van der Waals surface area contributed by atoms with Gasteiger partial charge < -0.3 is 0 Å². The summed E-state index contributed by atoms with van der Waals surface area (Å²) >= 11 is 0. The molecule has 0 spiro atoms. The Morgan fingerprint density at radius 3 is 1.25 bits per heavy atom. The molecule has 2 aliphatic rings. The van der Waals surface area contributed by atoms with E-state index in [9.17, 15) is 42.1 Å². The maximum absolute atomic E-state index is 10.2. The van der Waals surface area contributed by atoms with E-state index in [-0.39, 0.29) is 101 Å². The average Bonchev–Trinajstić information content (AvgIpc) is 3.76. The fraction of sp³-hybridized carbons (Fsp3) is 0. The van der Waals surface area contributed by atoms with Crippen molar-refractivity contribution in [2.45, 2.75) is 0 Å². The topological polar surface area (TPSA) is 278 Å². The highest BCUT2D eigenvalue weighted by Crippen LogP contribution is 2.28. The van der Waals surface area contributed by atoms with E-state index in [0.29, 0.717) is 0 Å². The van der Waals surface area contributed by atoms with Crippen LogP contribution in [0.5, 0.6) is 0 Å². The molecule has 0 saturated heterocycles. The molecule has 15 heteroatoms. The van der Waals surface area contributed by atoms with E-state index >= 15 is 0 Å². The van der Waals surface area contributed by atoms with Crippen LogP contribution in [0, 0.1) is 90.6 Å². The Hall–Kier alpha value is -8.73. The lowest BCUT2D eigenvalue weighted by molar-refractivity contribution is 1.07. The van der Waals surface area contributed by atoms with Crippen LogP contribution in [0.2, 0.25) is 0 Å². The molecular formula is C33H7N15. The van der Waals surface area contributed by atoms with Crippen LogP contribution < -0.4 is 21.4 Å². The number of benzene rings is 3. The fourth-order valence-corrected chi connectivity index (χ4v) is 4.76. The lowest BCUT2D eigenvalue weighted by Gasteiger charge is -2.10. The maximum atomic E-state index is 10.2. The number of hydrogen-bond donors (Lipinski definition) is 0. The summed E-state index contributed by atoms with van der Waals surface area (Å²) in [7, 11) is 0. The van der Waals surface area contributed by atoms with Crippen LogP contribution in [0.4, 0.5) is 0 Å². The van der Waals surface area contributed by atoms with E-state index in [4.69, 9.17) is 0 Å². The minimum Gasteiger partial charge on any atom is -0.225 e. The molecule has 1 aromatic heterocycles. The Morgan fingerprint density at radius 2 is 0.875 bits per heavy atom. The average molecular weight is 614 g/mol. The molecule has 3 aromatic carbocycles. The van der Waals surface area contributed by atoms with Crippen molar-refractivity contribution in [2.24, 2.45) is 20.0 Å². The van der Waals surface area contributed by atoms with Gasteiger partial charge in [-0.3, -0.25) is 0 Å². The van der Waals surface area contributed by atoms with E-state index in [2.05, 4.69) is 47.1 Å². The molecule has 4 aromatic rings. The third kappa shape index (κ3) is 4.78. The molecule has 0 amide bonds. The van der Waals surface area contributed by atoms with Crippen LogP contribution in [0.25, 0.3) is 34.2 Å². The molecule has 15 nitrogen and oxygen atoms in total. The summed E-state index contributed by atoms with van der Waals surface area (Å²) in [5, 5.41) is 77.5. The van der Waals surface area contributed by atoms with Crippen LogP contribution in [-0.2, 0) is 0 Å². The minimum atomic E-state index is -0.348. The number of aromatic nitrogens is 3. The van der Waals surface area contributed by atoms with Crippen molar-refractivity contribution in [2.75, 3.05) is 0 Å². The van der Waals surface area contributed by atoms with Crippen LogP contribution in [0.1, 0.15) is 22.3 Å². The van der Waals surface area contributed by atoms with Crippen molar-refractivity contribution >= 4 is 0 Å². The molecular weight excluding hydrogens is 606 g/mol. The van der Waals surface area contributed by atoms with Gasteiger partial charge >= 0.3 is 0 Å². The second-order valence-electron chi connectivity index (χ2n) is 9.56. The normalized spacial score (nSPS) is 11.3. The molecule has 3 heterocycles. The summed E-state index contributed by atoms with van der Waals surface area (Å²) in [4.78, 5) is 30.6. The Labute approximate surface area is 268 Å². The summed E-state index contributed by atoms with van der Waals surface area (Å²) in [5.74, 6) is -0.464. The van der Waals surface area contributed by atoms with Gasteiger partial charge in [-0.15, -0.1) is 0 Å². The quantitative estimate of drug-likeness (QED) is 0.297. The molecule has 0 bridgehead atoms. The number of nitriles is 8. The van der Waals surface area contributed by atoms with Gasteiger partial charge in [0.05, 0.1) is 45.1 Å². The van der Waals surface area contributed by atoms with Gasteiger partial charge in [-0.1, -0.05) is 0 Å². The monoisotopic (exact) mass is 613 g/mol. The number of nitrogens with zero attached hydrogens (tertiary/aromatic N) is 15. The first kappa shape index (κ1) is 29.3. The summed E-state index contributed by atoms with van der Waals surface area (Å²) in [6.45, 7) is 0. The number of allylic oxidation sites excluding steroid dienone is 2. The molecule has 0 aliphatic carbocycles. The van der Waals surface area contributed by atoms with Crippen molar-refractivity contribution in [3.05, 3.63) is 109 Å². The van der Waals surface area contributed by atoms with E-state index in [1.807, 2.05) is 12.1 Å². The van der Waals surface area contributed by atoms with Crippen molar-refractivity contribution in [3.8, 4) is 82.7 Å². The zero-order valence-corrected chi connectivity index (χ0v) is 23.7. The van der Waals surface area contributed by atoms with E-state index in [1.165, 1.54) is 42.5 Å². The molecule has 6 rings (SSSR count). The highest BCUT2D eigenvalue weighted by molar-refractivity contribution is 5.73. The second-order valence-corrected chi connectivity index (χ2v) is 9.56. The first-order valence-electron chi connectivity index (χ1n) is 13.2. The van der Waals surface area contributed by atoms with Crippen molar-refractivity contribution in [3.63, 3.8) is 0 Å². The molecule has 0 N–H and O–H groups in total. The van der Waals surface area contributed by atoms with Crippen molar-refractivity contribution < 1.29 is 0 Å². The highest BCUT2D eigenvalue weighted by atomic mass is 15.0. The lowest BCUT2D eigenvalue weighted by atomic mass is 10.0. The van der Waals surface area contributed by atoms with Crippen LogP contribution in [0.15, 0.2) is 85.2 Å². The predicted octanol–water partition coefficient (Wildman–Crippen LogP) is 1.38. The largest absolute Gasteiger partial charge is 0.225 e. The molecule has 214 valence electrons. The van der Waals surface area contributed by atoms with Crippen LogP contribution in [0.3, 0.4) is 0 Å². The van der Waals surface area contributed by atoms with Crippen molar-refractivity contribution in [1.29, 1.82) is 42.1 Å². The van der Waals surface area contributed by atoms with E-state index < -0.39 is 0 Å². The highest BCUT2D eigenvalue weighted by Gasteiger charge is 2.22. The molecule has 2 aliphatic heterocycles. The number of rotatable bonds is 3. The molecule has 0 atom stereocenters. The summed E-state index contributed by atoms with van der Waals surface area (Å²) in [5.41, 5.74) is 0.0995. The third-order valence-corrected chi connectivity index (χ3v) is 6.89. The maximum Gasteiger partial charge on any atom is 0.182 e. The van der Waals surface area contributed by atoms with Gasteiger partial charge in [0.1, 0.15) is 47.1 Å². The summed E-state index contributed by atoms with van der Waals surface area (Å²) in [6, 6.07) is 25.3. The fourth-order valence-electron chi connectivity index (χ4n) is 4.76. The minimum absolute atomic E-state index is 0.0192. The summed E-state index contributed by atoms with van der Waals surface area (Å²) in [6.07, 6.45) is 0. The molecule has 0 fully saturated rings. The predicted molar refractivity (Wildman–Crippen MR) is 156 cm³/mol. The Balaban J connectivity index is 1.68. The number of hydrogen-bond acceptors (Lipinski definition) is 15. The molecule has 48 heavy (non-hydrogen) atoms. The van der Waals surface area contributed by atoms with E-state index in [1.54, 1.807) is 24.3 Å². The van der Waals surface area contributed by atoms with Gasteiger partial charge in [0.2, 0.25) is 0 Å². The standard InChI is InChI=1S/C33H7N15/c34-8-16-5-17(9-35)7-18(6-16)29-46-32(21-1-3-25-27(23(21)14-40)44-30(42-25)19(10-36)11-37)48-33(47-29)22-2-4-26-28(24(22)15-41)45-31(43-26)20(12-38)13-39/h1-7H. The zero-order chi connectivity index (χ0) is 33.9. The van der Waals surface area contributed by atoms with Gasteiger partial charge in [-0.25, -0.2) is 34.9 Å².